The first-order valence-electron chi connectivity index (χ1n) is 7.89. The van der Waals surface area contributed by atoms with Crippen molar-refractivity contribution < 1.29 is 9.18 Å². The summed E-state index contributed by atoms with van der Waals surface area (Å²) in [5, 5.41) is 10.3. The second-order valence-electron chi connectivity index (χ2n) is 5.99. The van der Waals surface area contributed by atoms with Gasteiger partial charge in [-0.1, -0.05) is 5.21 Å². The van der Waals surface area contributed by atoms with Gasteiger partial charge < -0.3 is 15.1 Å². The number of likely N-dealkylation sites (N-methyl/N-ethyl adjacent to an activating group) is 1. The number of carbonyl (C=O) groups excluding carboxylic acids is 1. The largest absolute Gasteiger partial charge is 0.367 e. The number of amides is 1. The quantitative estimate of drug-likeness (QED) is 0.890. The van der Waals surface area contributed by atoms with Crippen molar-refractivity contribution in [3.63, 3.8) is 0 Å². The van der Waals surface area contributed by atoms with E-state index >= 15 is 0 Å². The van der Waals surface area contributed by atoms with Gasteiger partial charge in [0.25, 0.3) is 5.91 Å². The fraction of sp³-hybridized carbons (Fsp3) is 0.438. The van der Waals surface area contributed by atoms with Crippen molar-refractivity contribution in [2.75, 3.05) is 38.1 Å². The summed E-state index contributed by atoms with van der Waals surface area (Å²) in [4.78, 5) is 16.4. The lowest BCUT2D eigenvalue weighted by molar-refractivity contribution is 0.0949. The molecule has 0 aliphatic carbocycles. The number of hydrogen-bond acceptors (Lipinski definition) is 5. The fourth-order valence-corrected chi connectivity index (χ4v) is 2.70. The van der Waals surface area contributed by atoms with E-state index in [1.165, 1.54) is 6.07 Å². The minimum Gasteiger partial charge on any atom is -0.367 e. The molecule has 0 saturated carbocycles. The molecule has 1 aliphatic heterocycles. The number of benzene rings is 1. The minimum atomic E-state index is -0.366. The van der Waals surface area contributed by atoms with Crippen molar-refractivity contribution in [2.45, 2.75) is 6.54 Å². The average Bonchev–Trinajstić information content (AvgIpc) is 2.98. The van der Waals surface area contributed by atoms with Gasteiger partial charge in [-0.2, -0.15) is 0 Å². The van der Waals surface area contributed by atoms with Crippen LogP contribution in [0.3, 0.4) is 0 Å². The molecule has 0 bridgehead atoms. The third kappa shape index (κ3) is 3.53. The zero-order chi connectivity index (χ0) is 17.1. The lowest BCUT2D eigenvalue weighted by atomic mass is 10.1. The highest BCUT2D eigenvalue weighted by Gasteiger charge is 2.18. The number of aryl methyl sites for hydroxylation is 1. The normalized spacial score (nSPS) is 15.5. The van der Waals surface area contributed by atoms with E-state index in [-0.39, 0.29) is 11.7 Å². The van der Waals surface area contributed by atoms with Crippen LogP contribution >= 0.6 is 0 Å². The molecule has 1 aromatic heterocycles. The summed E-state index contributed by atoms with van der Waals surface area (Å²) in [6, 6.07) is 4.64. The monoisotopic (exact) mass is 332 g/mol. The SMILES string of the molecule is CN1CCN(c2ccc(C(=O)NCc3cnnn3C)cc2F)CC1. The second kappa shape index (κ2) is 6.96. The van der Waals surface area contributed by atoms with Gasteiger partial charge in [-0.3, -0.25) is 9.48 Å². The van der Waals surface area contributed by atoms with Gasteiger partial charge in [-0.15, -0.1) is 5.10 Å². The molecule has 1 N–H and O–H groups in total. The molecule has 8 heteroatoms. The number of rotatable bonds is 4. The van der Waals surface area contributed by atoms with E-state index in [0.29, 0.717) is 17.8 Å². The highest BCUT2D eigenvalue weighted by molar-refractivity contribution is 5.94. The second-order valence-corrected chi connectivity index (χ2v) is 5.99. The Morgan fingerprint density at radius 1 is 1.25 bits per heavy atom. The van der Waals surface area contributed by atoms with E-state index < -0.39 is 0 Å². The van der Waals surface area contributed by atoms with E-state index in [2.05, 4.69) is 27.6 Å². The number of anilines is 1. The van der Waals surface area contributed by atoms with Gasteiger partial charge in [-0.25, -0.2) is 4.39 Å². The molecule has 0 atom stereocenters. The molecule has 2 aromatic rings. The molecule has 2 heterocycles. The molecule has 1 fully saturated rings. The van der Waals surface area contributed by atoms with Crippen molar-refractivity contribution in [1.82, 2.24) is 25.2 Å². The zero-order valence-corrected chi connectivity index (χ0v) is 13.9. The maximum Gasteiger partial charge on any atom is 0.251 e. The molecule has 1 aliphatic rings. The van der Waals surface area contributed by atoms with E-state index in [1.54, 1.807) is 30.1 Å². The minimum absolute atomic E-state index is 0.296. The van der Waals surface area contributed by atoms with Crippen LogP contribution < -0.4 is 10.2 Å². The van der Waals surface area contributed by atoms with Crippen molar-refractivity contribution in [3.05, 3.63) is 41.5 Å². The van der Waals surface area contributed by atoms with Gasteiger partial charge in [0.05, 0.1) is 24.1 Å². The van der Waals surface area contributed by atoms with Gasteiger partial charge in [0.1, 0.15) is 5.82 Å². The van der Waals surface area contributed by atoms with E-state index in [0.717, 1.165) is 31.9 Å². The Bertz CT molecular complexity index is 723. The molecular formula is C16H21FN6O. The van der Waals surface area contributed by atoms with Gasteiger partial charge in [0.2, 0.25) is 0 Å². The number of nitrogens with one attached hydrogen (secondary N) is 1. The molecule has 128 valence electrons. The summed E-state index contributed by atoms with van der Waals surface area (Å²) in [6.45, 7) is 3.67. The summed E-state index contributed by atoms with van der Waals surface area (Å²) in [5.74, 6) is -0.686. The predicted molar refractivity (Wildman–Crippen MR) is 88.3 cm³/mol. The summed E-state index contributed by atoms with van der Waals surface area (Å²) in [5.41, 5.74) is 1.63. The van der Waals surface area contributed by atoms with Crippen molar-refractivity contribution >= 4 is 11.6 Å². The number of carbonyl (C=O) groups is 1. The topological polar surface area (TPSA) is 66.3 Å². The summed E-state index contributed by atoms with van der Waals surface area (Å²) >= 11 is 0. The van der Waals surface area contributed by atoms with Crippen LogP contribution in [0.1, 0.15) is 16.1 Å². The number of halogens is 1. The lowest BCUT2D eigenvalue weighted by Gasteiger charge is -2.34. The predicted octanol–water partition coefficient (Wildman–Crippen LogP) is 0.636. The average molecular weight is 332 g/mol. The van der Waals surface area contributed by atoms with Crippen molar-refractivity contribution in [2.24, 2.45) is 7.05 Å². The molecular weight excluding hydrogens is 311 g/mol. The maximum atomic E-state index is 14.4. The fourth-order valence-electron chi connectivity index (χ4n) is 2.70. The van der Waals surface area contributed by atoms with Gasteiger partial charge >= 0.3 is 0 Å². The summed E-state index contributed by atoms with van der Waals surface area (Å²) in [6.07, 6.45) is 1.58. The Kier molecular flexibility index (Phi) is 4.75. The van der Waals surface area contributed by atoms with E-state index in [9.17, 15) is 9.18 Å². The summed E-state index contributed by atoms with van der Waals surface area (Å²) in [7, 11) is 3.80. The third-order valence-corrected chi connectivity index (χ3v) is 4.29. The molecule has 7 nitrogen and oxygen atoms in total. The Labute approximate surface area is 140 Å². The smallest absolute Gasteiger partial charge is 0.251 e. The van der Waals surface area contributed by atoms with Gasteiger partial charge in [0.15, 0.2) is 0 Å². The van der Waals surface area contributed by atoms with Gasteiger partial charge in [-0.05, 0) is 25.2 Å². The first kappa shape index (κ1) is 16.4. The molecule has 1 amide bonds. The van der Waals surface area contributed by atoms with E-state index in [1.807, 2.05) is 4.90 Å². The first-order valence-corrected chi connectivity index (χ1v) is 7.89. The number of piperazine rings is 1. The number of aromatic nitrogens is 3. The molecule has 0 spiro atoms. The van der Waals surface area contributed by atoms with Gasteiger partial charge in [0, 0.05) is 38.8 Å². The zero-order valence-electron chi connectivity index (χ0n) is 13.9. The highest BCUT2D eigenvalue weighted by Crippen LogP contribution is 2.21. The molecule has 0 unspecified atom stereocenters. The van der Waals surface area contributed by atoms with Crippen LogP contribution in [-0.2, 0) is 13.6 Å². The standard InChI is InChI=1S/C16H21FN6O/c1-21-5-7-23(8-6-21)15-4-3-12(9-14(15)17)16(24)18-10-13-11-19-20-22(13)2/h3-4,9,11H,5-8,10H2,1-2H3,(H,18,24). The molecule has 0 radical (unpaired) electrons. The number of hydrogen-bond donors (Lipinski definition) is 1. The van der Waals surface area contributed by atoms with Crippen LogP contribution in [0.4, 0.5) is 10.1 Å². The van der Waals surface area contributed by atoms with Crippen LogP contribution in [-0.4, -0.2) is 59.0 Å². The van der Waals surface area contributed by atoms with Crippen LogP contribution in [0.25, 0.3) is 0 Å². The van der Waals surface area contributed by atoms with Crippen molar-refractivity contribution in [3.8, 4) is 0 Å². The Balaban J connectivity index is 1.65. The van der Waals surface area contributed by atoms with Crippen LogP contribution in [0, 0.1) is 5.82 Å². The Morgan fingerprint density at radius 3 is 2.62 bits per heavy atom. The maximum absolute atomic E-state index is 14.4. The molecule has 24 heavy (non-hydrogen) atoms. The summed E-state index contributed by atoms with van der Waals surface area (Å²) < 4.78 is 16.0. The molecule has 3 rings (SSSR count). The Morgan fingerprint density at radius 2 is 2.00 bits per heavy atom. The highest BCUT2D eigenvalue weighted by atomic mass is 19.1. The van der Waals surface area contributed by atoms with Crippen LogP contribution in [0.15, 0.2) is 24.4 Å². The van der Waals surface area contributed by atoms with Crippen LogP contribution in [0.2, 0.25) is 0 Å². The van der Waals surface area contributed by atoms with E-state index in [4.69, 9.17) is 0 Å². The lowest BCUT2D eigenvalue weighted by Crippen LogP contribution is -2.44. The molecule has 1 aromatic carbocycles. The number of nitrogens with zero attached hydrogens (tertiary/aromatic N) is 5. The third-order valence-electron chi connectivity index (χ3n) is 4.29. The van der Waals surface area contributed by atoms with Crippen molar-refractivity contribution in [1.29, 1.82) is 0 Å². The van der Waals surface area contributed by atoms with Crippen LogP contribution in [0.5, 0.6) is 0 Å². The molecule has 1 saturated heterocycles. The first-order chi connectivity index (χ1) is 11.5. The Hall–Kier alpha value is -2.48.